The Bertz CT molecular complexity index is 820. The third-order valence-electron chi connectivity index (χ3n) is 6.21. The molecule has 2 fully saturated rings. The molecular weight excluding hydrogens is 416 g/mol. The Morgan fingerprint density at radius 2 is 1.71 bits per heavy atom. The van der Waals surface area contributed by atoms with Crippen molar-refractivity contribution in [1.82, 2.24) is 24.0 Å². The fraction of sp³-hybridized carbons (Fsp3) is 0.714. The lowest BCUT2D eigenvalue weighted by Crippen LogP contribution is -2.47. The molecule has 3 heterocycles. The molecule has 1 aromatic heterocycles. The van der Waals surface area contributed by atoms with Crippen LogP contribution in [0, 0.1) is 0 Å². The van der Waals surface area contributed by atoms with Crippen molar-refractivity contribution in [3.05, 3.63) is 18.3 Å². The van der Waals surface area contributed by atoms with Crippen LogP contribution in [0.5, 0.6) is 0 Å². The number of likely N-dealkylation sites (N-methyl/N-ethyl adjacent to an activating group) is 2. The summed E-state index contributed by atoms with van der Waals surface area (Å²) in [5, 5.41) is 0. The van der Waals surface area contributed by atoms with Crippen molar-refractivity contribution >= 4 is 21.7 Å². The van der Waals surface area contributed by atoms with Crippen molar-refractivity contribution < 1.29 is 13.2 Å². The van der Waals surface area contributed by atoms with Gasteiger partial charge < -0.3 is 14.7 Å². The maximum Gasteiger partial charge on any atom is 0.244 e. The first-order chi connectivity index (χ1) is 14.8. The lowest BCUT2D eigenvalue weighted by Gasteiger charge is -2.31. The molecule has 0 aliphatic carbocycles. The number of rotatable bonds is 7. The monoisotopic (exact) mass is 452 g/mol. The zero-order chi connectivity index (χ0) is 22.4. The molecule has 3 rings (SSSR count). The number of anilines is 1. The fourth-order valence-corrected chi connectivity index (χ4v) is 5.48. The highest BCUT2D eigenvalue weighted by Crippen LogP contribution is 2.20. The number of nitrogens with zero attached hydrogens (tertiary/aromatic N) is 6. The molecule has 0 unspecified atom stereocenters. The van der Waals surface area contributed by atoms with E-state index in [0.29, 0.717) is 19.6 Å². The van der Waals surface area contributed by atoms with E-state index in [9.17, 15) is 13.2 Å². The number of carbonyl (C=O) groups excluding carboxylic acids is 1. The molecule has 0 radical (unpaired) electrons. The number of hydrogen-bond donors (Lipinski definition) is 0. The molecule has 31 heavy (non-hydrogen) atoms. The lowest BCUT2D eigenvalue weighted by atomic mass is 10.3. The number of carbonyl (C=O) groups is 1. The van der Waals surface area contributed by atoms with Gasteiger partial charge in [-0.3, -0.25) is 9.69 Å². The van der Waals surface area contributed by atoms with E-state index in [1.54, 1.807) is 16.4 Å². The second-order valence-electron chi connectivity index (χ2n) is 8.24. The number of piperazine rings is 1. The summed E-state index contributed by atoms with van der Waals surface area (Å²) in [5.74, 6) is 0.962. The smallest absolute Gasteiger partial charge is 0.244 e. The first-order valence-corrected chi connectivity index (χ1v) is 12.7. The SMILES string of the molecule is CCN(CC)C(=O)CN1CCCN(c2ccc(S(=O)(=O)N3CCN(C)CC3)cn2)CC1. The summed E-state index contributed by atoms with van der Waals surface area (Å²) >= 11 is 0. The molecule has 0 saturated carbocycles. The molecule has 174 valence electrons. The summed E-state index contributed by atoms with van der Waals surface area (Å²) in [5.41, 5.74) is 0. The van der Waals surface area contributed by atoms with E-state index in [1.165, 1.54) is 6.20 Å². The number of hydrogen-bond acceptors (Lipinski definition) is 7. The zero-order valence-corrected chi connectivity index (χ0v) is 19.9. The van der Waals surface area contributed by atoms with Gasteiger partial charge in [0.15, 0.2) is 0 Å². The van der Waals surface area contributed by atoms with Gasteiger partial charge >= 0.3 is 0 Å². The second kappa shape index (κ2) is 10.7. The highest BCUT2D eigenvalue weighted by Gasteiger charge is 2.28. The van der Waals surface area contributed by atoms with E-state index in [4.69, 9.17) is 0 Å². The molecule has 10 heteroatoms. The van der Waals surface area contributed by atoms with Gasteiger partial charge in [0.05, 0.1) is 6.54 Å². The topological polar surface area (TPSA) is 80.3 Å². The first-order valence-electron chi connectivity index (χ1n) is 11.2. The quantitative estimate of drug-likeness (QED) is 0.592. The Hall–Kier alpha value is -1.75. The molecule has 9 nitrogen and oxygen atoms in total. The van der Waals surface area contributed by atoms with Crippen LogP contribution in [0.25, 0.3) is 0 Å². The van der Waals surface area contributed by atoms with Crippen LogP contribution in [0.3, 0.4) is 0 Å². The summed E-state index contributed by atoms with van der Waals surface area (Å²) in [6.07, 6.45) is 2.42. The van der Waals surface area contributed by atoms with Gasteiger partial charge in [-0.2, -0.15) is 4.31 Å². The molecule has 0 N–H and O–H groups in total. The van der Waals surface area contributed by atoms with E-state index in [1.807, 2.05) is 25.8 Å². The Labute approximate surface area is 186 Å². The van der Waals surface area contributed by atoms with Gasteiger partial charge in [0, 0.05) is 71.6 Å². The van der Waals surface area contributed by atoms with Crippen LogP contribution in [0.15, 0.2) is 23.2 Å². The van der Waals surface area contributed by atoms with E-state index in [2.05, 4.69) is 19.7 Å². The highest BCUT2D eigenvalue weighted by molar-refractivity contribution is 7.89. The Morgan fingerprint density at radius 1 is 1.00 bits per heavy atom. The summed E-state index contributed by atoms with van der Waals surface area (Å²) in [6, 6.07) is 3.47. The van der Waals surface area contributed by atoms with E-state index < -0.39 is 10.0 Å². The van der Waals surface area contributed by atoms with Crippen molar-refractivity contribution in [3.8, 4) is 0 Å². The molecule has 2 aliphatic rings. The average Bonchev–Trinajstić information content (AvgIpc) is 3.00. The Balaban J connectivity index is 1.59. The standard InChI is InChI=1S/C21H36N6O3S/c1-4-25(5-2)21(28)18-24-9-6-10-26(14-13-24)20-8-7-19(17-22-20)31(29,30)27-15-11-23(3)12-16-27/h7-8,17H,4-6,9-16,18H2,1-3H3. The molecule has 0 aromatic carbocycles. The van der Waals surface area contributed by atoms with Gasteiger partial charge in [0.1, 0.15) is 10.7 Å². The molecule has 0 bridgehead atoms. The fourth-order valence-electron chi connectivity index (χ4n) is 4.12. The third-order valence-corrected chi connectivity index (χ3v) is 8.09. The summed E-state index contributed by atoms with van der Waals surface area (Å²) in [6.45, 7) is 11.7. The largest absolute Gasteiger partial charge is 0.355 e. The van der Waals surface area contributed by atoms with Crippen LogP contribution in [-0.2, 0) is 14.8 Å². The summed E-state index contributed by atoms with van der Waals surface area (Å²) in [7, 11) is -1.50. The minimum Gasteiger partial charge on any atom is -0.355 e. The van der Waals surface area contributed by atoms with Crippen molar-refractivity contribution in [1.29, 1.82) is 0 Å². The number of aromatic nitrogens is 1. The molecule has 2 saturated heterocycles. The van der Waals surface area contributed by atoms with Gasteiger partial charge in [-0.15, -0.1) is 0 Å². The zero-order valence-electron chi connectivity index (χ0n) is 19.0. The molecule has 0 atom stereocenters. The molecule has 1 amide bonds. The van der Waals surface area contributed by atoms with Crippen LogP contribution < -0.4 is 4.90 Å². The van der Waals surface area contributed by atoms with Gasteiger partial charge in [0.2, 0.25) is 15.9 Å². The van der Waals surface area contributed by atoms with Crippen LogP contribution >= 0.6 is 0 Å². The minimum absolute atomic E-state index is 0.176. The van der Waals surface area contributed by atoms with E-state index >= 15 is 0 Å². The van der Waals surface area contributed by atoms with Gasteiger partial charge in [-0.05, 0) is 39.4 Å². The maximum absolute atomic E-state index is 12.9. The predicted octanol–water partition coefficient (Wildman–Crippen LogP) is 0.398. The van der Waals surface area contributed by atoms with E-state index in [0.717, 1.165) is 64.6 Å². The van der Waals surface area contributed by atoms with Crippen LogP contribution in [0.4, 0.5) is 5.82 Å². The normalized spacial score (nSPS) is 19.9. The Kier molecular flexibility index (Phi) is 8.26. The molecular formula is C21H36N6O3S. The van der Waals surface area contributed by atoms with Crippen LogP contribution in [0.1, 0.15) is 20.3 Å². The van der Waals surface area contributed by atoms with Gasteiger partial charge in [-0.25, -0.2) is 13.4 Å². The van der Waals surface area contributed by atoms with Gasteiger partial charge in [-0.1, -0.05) is 0 Å². The van der Waals surface area contributed by atoms with Crippen molar-refractivity contribution in [2.45, 2.75) is 25.2 Å². The van der Waals surface area contributed by atoms with Crippen LogP contribution in [0.2, 0.25) is 0 Å². The third kappa shape index (κ3) is 5.94. The lowest BCUT2D eigenvalue weighted by molar-refractivity contribution is -0.132. The average molecular weight is 453 g/mol. The second-order valence-corrected chi connectivity index (χ2v) is 10.2. The Morgan fingerprint density at radius 3 is 2.32 bits per heavy atom. The van der Waals surface area contributed by atoms with Crippen molar-refractivity contribution in [3.63, 3.8) is 0 Å². The maximum atomic E-state index is 12.9. The van der Waals surface area contributed by atoms with Crippen molar-refractivity contribution in [2.75, 3.05) is 83.9 Å². The van der Waals surface area contributed by atoms with Crippen molar-refractivity contribution in [2.24, 2.45) is 0 Å². The van der Waals surface area contributed by atoms with Gasteiger partial charge in [0.25, 0.3) is 0 Å². The first kappa shape index (κ1) is 23.9. The highest BCUT2D eigenvalue weighted by atomic mass is 32.2. The molecule has 0 spiro atoms. The van der Waals surface area contributed by atoms with E-state index in [-0.39, 0.29) is 10.8 Å². The molecule has 2 aliphatic heterocycles. The number of pyridine rings is 1. The molecule has 1 aromatic rings. The summed E-state index contributed by atoms with van der Waals surface area (Å²) in [4.78, 5) is 25.5. The number of amides is 1. The predicted molar refractivity (Wildman–Crippen MR) is 122 cm³/mol. The minimum atomic E-state index is -3.50. The van der Waals surface area contributed by atoms with Crippen LogP contribution in [-0.4, -0.2) is 117 Å². The summed E-state index contributed by atoms with van der Waals surface area (Å²) < 4.78 is 27.3. The number of sulfonamides is 1.